The topological polar surface area (TPSA) is 70.0 Å². The smallest absolute Gasteiger partial charge is 0.258 e. The molecule has 4 rings (SSSR count). The van der Waals surface area contributed by atoms with Crippen LogP contribution in [-0.2, 0) is 23.2 Å². The molecule has 0 bridgehead atoms. The zero-order valence-electron chi connectivity index (χ0n) is 21.6. The Balaban J connectivity index is 1.21. The molecule has 1 N–H and O–H groups in total. The van der Waals surface area contributed by atoms with Crippen molar-refractivity contribution in [2.45, 2.75) is 53.0 Å². The first kappa shape index (κ1) is 25.5. The van der Waals surface area contributed by atoms with E-state index in [1.54, 1.807) is 16.7 Å². The number of nitrogens with zero attached hydrogens (tertiary/aromatic N) is 4. The summed E-state index contributed by atoms with van der Waals surface area (Å²) in [5, 5.41) is 4.99. The number of amides is 1. The van der Waals surface area contributed by atoms with Crippen molar-refractivity contribution in [2.24, 2.45) is 0 Å². The van der Waals surface area contributed by atoms with E-state index in [1.807, 2.05) is 5.38 Å². The van der Waals surface area contributed by atoms with Crippen molar-refractivity contribution < 1.29 is 4.79 Å². The zero-order chi connectivity index (χ0) is 25.2. The highest BCUT2D eigenvalue weighted by Gasteiger charge is 2.20. The van der Waals surface area contributed by atoms with Crippen LogP contribution < -0.4 is 10.9 Å². The average molecular weight is 496 g/mol. The third-order valence-electron chi connectivity index (χ3n) is 6.83. The van der Waals surface area contributed by atoms with E-state index in [0.29, 0.717) is 19.6 Å². The maximum Gasteiger partial charge on any atom is 0.258 e. The lowest BCUT2D eigenvalue weighted by Gasteiger charge is -2.34. The maximum absolute atomic E-state index is 12.6. The van der Waals surface area contributed by atoms with Gasteiger partial charge in [-0.15, -0.1) is 11.3 Å². The quantitative estimate of drug-likeness (QED) is 0.545. The van der Waals surface area contributed by atoms with Crippen LogP contribution in [0.3, 0.4) is 0 Å². The van der Waals surface area contributed by atoms with Crippen molar-refractivity contribution in [1.82, 2.24) is 24.5 Å². The molecule has 1 amide bonds. The van der Waals surface area contributed by atoms with E-state index in [2.05, 4.69) is 66.9 Å². The van der Waals surface area contributed by atoms with Crippen LogP contribution >= 0.6 is 11.3 Å². The van der Waals surface area contributed by atoms with Crippen molar-refractivity contribution >= 4 is 22.2 Å². The summed E-state index contributed by atoms with van der Waals surface area (Å²) in [6, 6.07) is 6.20. The summed E-state index contributed by atoms with van der Waals surface area (Å²) in [7, 11) is 0. The molecule has 0 radical (unpaired) electrons. The fourth-order valence-corrected chi connectivity index (χ4v) is 5.45. The number of benzene rings is 1. The van der Waals surface area contributed by atoms with Crippen molar-refractivity contribution in [3.8, 4) is 0 Å². The van der Waals surface area contributed by atoms with Crippen molar-refractivity contribution in [3.05, 3.63) is 68.1 Å². The number of rotatable bonds is 7. The van der Waals surface area contributed by atoms with E-state index in [4.69, 9.17) is 0 Å². The Morgan fingerprint density at radius 2 is 1.71 bits per heavy atom. The maximum atomic E-state index is 12.6. The van der Waals surface area contributed by atoms with E-state index in [-0.39, 0.29) is 16.9 Å². The van der Waals surface area contributed by atoms with Gasteiger partial charge in [-0.25, -0.2) is 4.98 Å². The van der Waals surface area contributed by atoms with Gasteiger partial charge in [0.25, 0.3) is 5.56 Å². The first-order valence-electron chi connectivity index (χ1n) is 12.4. The molecule has 1 aliphatic heterocycles. The first-order chi connectivity index (χ1) is 16.6. The molecule has 3 heterocycles. The standard InChI is InChI=1S/C27H37N5O2S/c1-19-14-21(27(3,4)5)15-20(2)23(19)6-7-28-24(33)18-31-10-8-30(9-11-31)17-22-16-25(34)32-12-13-35-26(32)29-22/h12-16H,6-11,17-18H2,1-5H3,(H,28,33). The largest absolute Gasteiger partial charge is 0.355 e. The lowest BCUT2D eigenvalue weighted by Crippen LogP contribution is -2.49. The second-order valence-electron chi connectivity index (χ2n) is 10.6. The number of thiazole rings is 1. The molecule has 2 aromatic heterocycles. The lowest BCUT2D eigenvalue weighted by molar-refractivity contribution is -0.122. The molecule has 1 aromatic carbocycles. The molecule has 7 nitrogen and oxygen atoms in total. The van der Waals surface area contributed by atoms with Crippen LogP contribution in [-0.4, -0.2) is 64.4 Å². The second-order valence-corrected chi connectivity index (χ2v) is 11.5. The Bertz CT molecular complexity index is 1230. The molecule has 0 spiro atoms. The SMILES string of the molecule is Cc1cc(C(C)(C)C)cc(C)c1CCNC(=O)CN1CCN(Cc2cc(=O)n3ccsc3n2)CC1. The molecular formula is C27H37N5O2S. The lowest BCUT2D eigenvalue weighted by atomic mass is 9.83. The molecule has 3 aromatic rings. The fourth-order valence-electron chi connectivity index (χ4n) is 4.71. The zero-order valence-corrected chi connectivity index (χ0v) is 22.4. The van der Waals surface area contributed by atoms with Gasteiger partial charge in [-0.2, -0.15) is 0 Å². The van der Waals surface area contributed by atoms with Crippen LogP contribution in [0.25, 0.3) is 4.96 Å². The summed E-state index contributed by atoms with van der Waals surface area (Å²) in [5.74, 6) is 0.0814. The molecule has 35 heavy (non-hydrogen) atoms. The van der Waals surface area contributed by atoms with Gasteiger partial charge in [0.1, 0.15) is 0 Å². The molecule has 0 unspecified atom stereocenters. The normalized spacial score (nSPS) is 15.6. The predicted octanol–water partition coefficient (Wildman–Crippen LogP) is 3.15. The van der Waals surface area contributed by atoms with Crippen molar-refractivity contribution in [2.75, 3.05) is 39.3 Å². The number of aromatic nitrogens is 2. The molecule has 0 atom stereocenters. The average Bonchev–Trinajstić information content (AvgIpc) is 3.25. The fraction of sp³-hybridized carbons (Fsp3) is 0.519. The number of piperazine rings is 1. The summed E-state index contributed by atoms with van der Waals surface area (Å²) in [6.07, 6.45) is 2.61. The molecule has 0 saturated carbocycles. The van der Waals surface area contributed by atoms with Gasteiger partial charge in [0, 0.05) is 56.9 Å². The van der Waals surface area contributed by atoms with Gasteiger partial charge < -0.3 is 5.32 Å². The summed E-state index contributed by atoms with van der Waals surface area (Å²) in [4.78, 5) is 34.6. The Kier molecular flexibility index (Phi) is 7.73. The minimum Gasteiger partial charge on any atom is -0.355 e. The molecule has 0 aliphatic carbocycles. The van der Waals surface area contributed by atoms with Crippen LogP contribution in [0.4, 0.5) is 0 Å². The number of carbonyl (C=O) groups excluding carboxylic acids is 1. The Morgan fingerprint density at radius 3 is 2.37 bits per heavy atom. The number of hydrogen-bond acceptors (Lipinski definition) is 6. The summed E-state index contributed by atoms with van der Waals surface area (Å²) < 4.78 is 1.58. The minimum absolute atomic E-state index is 0.0305. The third-order valence-corrected chi connectivity index (χ3v) is 7.59. The summed E-state index contributed by atoms with van der Waals surface area (Å²) in [6.45, 7) is 16.2. The van der Waals surface area contributed by atoms with Crippen molar-refractivity contribution in [3.63, 3.8) is 0 Å². The van der Waals surface area contributed by atoms with Gasteiger partial charge in [0.15, 0.2) is 4.96 Å². The highest BCUT2D eigenvalue weighted by atomic mass is 32.1. The van der Waals surface area contributed by atoms with E-state index < -0.39 is 0 Å². The number of hydrogen-bond donors (Lipinski definition) is 1. The number of nitrogens with one attached hydrogen (secondary N) is 1. The number of fused-ring (bicyclic) bond motifs is 1. The highest BCUT2D eigenvalue weighted by molar-refractivity contribution is 7.15. The van der Waals surface area contributed by atoms with Gasteiger partial charge in [-0.3, -0.25) is 23.8 Å². The molecule has 1 fully saturated rings. The van der Waals surface area contributed by atoms with E-state index in [1.165, 1.54) is 33.6 Å². The summed E-state index contributed by atoms with van der Waals surface area (Å²) in [5.41, 5.74) is 6.21. The molecular weight excluding hydrogens is 458 g/mol. The minimum atomic E-state index is -0.0305. The van der Waals surface area contributed by atoms with Gasteiger partial charge in [0.05, 0.1) is 12.2 Å². The van der Waals surface area contributed by atoms with Gasteiger partial charge in [-0.05, 0) is 47.9 Å². The van der Waals surface area contributed by atoms with Gasteiger partial charge >= 0.3 is 0 Å². The van der Waals surface area contributed by atoms with E-state index in [9.17, 15) is 9.59 Å². The first-order valence-corrected chi connectivity index (χ1v) is 13.3. The predicted molar refractivity (Wildman–Crippen MR) is 142 cm³/mol. The second kappa shape index (κ2) is 10.6. The van der Waals surface area contributed by atoms with E-state index in [0.717, 1.165) is 43.3 Å². The molecule has 8 heteroatoms. The summed E-state index contributed by atoms with van der Waals surface area (Å²) >= 11 is 1.47. The molecule has 1 aliphatic rings. The molecule has 1 saturated heterocycles. The number of carbonyl (C=O) groups is 1. The van der Waals surface area contributed by atoms with Crippen LogP contribution in [0.1, 0.15) is 48.7 Å². The number of aryl methyl sites for hydroxylation is 2. The van der Waals surface area contributed by atoms with Gasteiger partial charge in [0.2, 0.25) is 5.91 Å². The monoisotopic (exact) mass is 495 g/mol. The Morgan fingerprint density at radius 1 is 1.06 bits per heavy atom. The Hall–Kier alpha value is -2.55. The van der Waals surface area contributed by atoms with E-state index >= 15 is 0 Å². The molecule has 188 valence electrons. The van der Waals surface area contributed by atoms with Crippen LogP contribution in [0.5, 0.6) is 0 Å². The van der Waals surface area contributed by atoms with Crippen molar-refractivity contribution in [1.29, 1.82) is 0 Å². The van der Waals surface area contributed by atoms with Crippen LogP contribution in [0.15, 0.2) is 34.6 Å². The van der Waals surface area contributed by atoms with Gasteiger partial charge in [-0.1, -0.05) is 32.9 Å². The third kappa shape index (κ3) is 6.37. The highest BCUT2D eigenvalue weighted by Crippen LogP contribution is 2.27. The Labute approximate surface area is 211 Å². The van der Waals surface area contributed by atoms with Crippen LogP contribution in [0, 0.1) is 13.8 Å². The van der Waals surface area contributed by atoms with Crippen LogP contribution in [0.2, 0.25) is 0 Å².